The molecule has 1 saturated heterocycles. The fourth-order valence-electron chi connectivity index (χ4n) is 3.16. The highest BCUT2D eigenvalue weighted by atomic mass is 16.6. The van der Waals surface area contributed by atoms with Crippen molar-refractivity contribution in [2.45, 2.75) is 31.7 Å². The van der Waals surface area contributed by atoms with E-state index in [0.717, 1.165) is 32.4 Å². The Labute approximate surface area is 140 Å². The lowest BCUT2D eigenvalue weighted by atomic mass is 10.1. The number of amides is 2. The fraction of sp³-hybridized carbons (Fsp3) is 0.529. The molecule has 2 aliphatic rings. The first-order valence-corrected chi connectivity index (χ1v) is 8.35. The van der Waals surface area contributed by atoms with Crippen LogP contribution in [0.3, 0.4) is 0 Å². The number of benzene rings is 1. The summed E-state index contributed by atoms with van der Waals surface area (Å²) in [6.45, 7) is 1.39. The monoisotopic (exact) mass is 331 g/mol. The van der Waals surface area contributed by atoms with Crippen LogP contribution in [0.5, 0.6) is 0 Å². The van der Waals surface area contributed by atoms with Crippen molar-refractivity contribution < 1.29 is 14.5 Å². The molecule has 2 amide bonds. The maximum atomic E-state index is 12.7. The van der Waals surface area contributed by atoms with Crippen molar-refractivity contribution in [3.05, 3.63) is 40.4 Å². The fourth-order valence-corrected chi connectivity index (χ4v) is 3.16. The molecule has 7 heteroatoms. The first-order valence-electron chi connectivity index (χ1n) is 8.35. The Morgan fingerprint density at radius 1 is 1.17 bits per heavy atom. The standard InChI is InChI=1S/C17H21N3O4/c21-16(18-9-5-2-6-10-18)12-19(13-7-3-1-4-8-13)17(22)14-11-15(14)20(23)24/h1,3-4,7-8,14-15H,2,5-6,9-12H2. The molecule has 1 aliphatic heterocycles. The lowest BCUT2D eigenvalue weighted by Gasteiger charge is -2.30. The normalized spacial score (nSPS) is 22.8. The van der Waals surface area contributed by atoms with Crippen LogP contribution in [0.15, 0.2) is 30.3 Å². The van der Waals surface area contributed by atoms with E-state index in [2.05, 4.69) is 0 Å². The molecule has 3 rings (SSSR count). The van der Waals surface area contributed by atoms with Crippen molar-refractivity contribution in [2.24, 2.45) is 5.92 Å². The molecule has 0 spiro atoms. The predicted octanol–water partition coefficient (Wildman–Crippen LogP) is 1.70. The molecular weight excluding hydrogens is 310 g/mol. The first kappa shape index (κ1) is 16.4. The van der Waals surface area contributed by atoms with Gasteiger partial charge in [-0.3, -0.25) is 19.7 Å². The van der Waals surface area contributed by atoms with Gasteiger partial charge in [-0.25, -0.2) is 0 Å². The number of carbonyl (C=O) groups is 2. The van der Waals surface area contributed by atoms with E-state index < -0.39 is 16.9 Å². The van der Waals surface area contributed by atoms with Gasteiger partial charge in [0.2, 0.25) is 17.9 Å². The molecule has 7 nitrogen and oxygen atoms in total. The summed E-state index contributed by atoms with van der Waals surface area (Å²) in [5.74, 6) is -1.03. The summed E-state index contributed by atoms with van der Waals surface area (Å²) in [4.78, 5) is 38.9. The molecule has 2 fully saturated rings. The number of anilines is 1. The number of nitro groups is 1. The summed E-state index contributed by atoms with van der Waals surface area (Å²) in [5.41, 5.74) is 0.613. The number of carbonyl (C=O) groups excluding carboxylic acids is 2. The van der Waals surface area contributed by atoms with Gasteiger partial charge >= 0.3 is 0 Å². The van der Waals surface area contributed by atoms with Crippen LogP contribution in [-0.4, -0.2) is 47.3 Å². The Hall–Kier alpha value is -2.44. The van der Waals surface area contributed by atoms with E-state index in [4.69, 9.17) is 0 Å². The number of rotatable bonds is 5. The van der Waals surface area contributed by atoms with Crippen LogP contribution in [0.25, 0.3) is 0 Å². The zero-order valence-electron chi connectivity index (χ0n) is 13.5. The Balaban J connectivity index is 1.74. The van der Waals surface area contributed by atoms with Crippen molar-refractivity contribution in [1.82, 2.24) is 4.90 Å². The van der Waals surface area contributed by atoms with Crippen LogP contribution in [-0.2, 0) is 9.59 Å². The lowest BCUT2D eigenvalue weighted by molar-refractivity contribution is -0.497. The quantitative estimate of drug-likeness (QED) is 0.607. The first-order chi connectivity index (χ1) is 11.6. The number of para-hydroxylation sites is 1. The minimum Gasteiger partial charge on any atom is -0.341 e. The maximum Gasteiger partial charge on any atom is 0.242 e. The number of nitrogens with zero attached hydrogens (tertiary/aromatic N) is 3. The van der Waals surface area contributed by atoms with Crippen molar-refractivity contribution in [3.63, 3.8) is 0 Å². The molecule has 0 radical (unpaired) electrons. The molecule has 0 N–H and O–H groups in total. The van der Waals surface area contributed by atoms with Gasteiger partial charge in [0.25, 0.3) is 0 Å². The summed E-state index contributed by atoms with van der Waals surface area (Å²) in [5, 5.41) is 10.9. The van der Waals surface area contributed by atoms with Crippen LogP contribution in [0.2, 0.25) is 0 Å². The molecule has 24 heavy (non-hydrogen) atoms. The molecular formula is C17H21N3O4. The summed E-state index contributed by atoms with van der Waals surface area (Å²) >= 11 is 0. The molecule has 1 aromatic carbocycles. The van der Waals surface area contributed by atoms with Gasteiger partial charge in [0.15, 0.2) is 0 Å². The van der Waals surface area contributed by atoms with Crippen LogP contribution in [0, 0.1) is 16.0 Å². The van der Waals surface area contributed by atoms with E-state index in [-0.39, 0.29) is 24.8 Å². The van der Waals surface area contributed by atoms with Crippen LogP contribution < -0.4 is 4.90 Å². The van der Waals surface area contributed by atoms with Crippen molar-refractivity contribution in [2.75, 3.05) is 24.5 Å². The minimum absolute atomic E-state index is 0.0518. The van der Waals surface area contributed by atoms with Gasteiger partial charge in [0, 0.05) is 30.1 Å². The van der Waals surface area contributed by atoms with Crippen molar-refractivity contribution in [1.29, 1.82) is 0 Å². The van der Waals surface area contributed by atoms with Gasteiger partial charge in [-0.2, -0.15) is 0 Å². The molecule has 2 atom stereocenters. The van der Waals surface area contributed by atoms with E-state index in [9.17, 15) is 19.7 Å². The SMILES string of the molecule is O=C(CN(C(=O)C1CC1[N+](=O)[O-])c1ccccc1)N1CCCCC1. The van der Waals surface area contributed by atoms with Gasteiger partial charge in [-0.15, -0.1) is 0 Å². The Bertz CT molecular complexity index is 628. The van der Waals surface area contributed by atoms with Gasteiger partial charge < -0.3 is 9.80 Å². The Morgan fingerprint density at radius 2 is 1.83 bits per heavy atom. The molecule has 2 unspecified atom stereocenters. The number of piperidine rings is 1. The summed E-state index contributed by atoms with van der Waals surface area (Å²) in [7, 11) is 0. The Morgan fingerprint density at radius 3 is 2.42 bits per heavy atom. The van der Waals surface area contributed by atoms with Crippen molar-refractivity contribution >= 4 is 17.5 Å². The summed E-state index contributed by atoms with van der Waals surface area (Å²) in [6.07, 6.45) is 3.35. The average Bonchev–Trinajstić information content (AvgIpc) is 3.41. The summed E-state index contributed by atoms with van der Waals surface area (Å²) < 4.78 is 0. The highest BCUT2D eigenvalue weighted by molar-refractivity contribution is 6.01. The van der Waals surface area contributed by atoms with Crippen LogP contribution in [0.4, 0.5) is 5.69 Å². The molecule has 128 valence electrons. The number of hydrogen-bond acceptors (Lipinski definition) is 4. The second kappa shape index (κ2) is 6.98. The topological polar surface area (TPSA) is 83.8 Å². The maximum absolute atomic E-state index is 12.7. The third-order valence-corrected chi connectivity index (χ3v) is 4.68. The third-order valence-electron chi connectivity index (χ3n) is 4.68. The Kier molecular flexibility index (Phi) is 4.78. The zero-order valence-corrected chi connectivity index (χ0v) is 13.5. The molecule has 0 aromatic heterocycles. The van der Waals surface area contributed by atoms with E-state index in [0.29, 0.717) is 5.69 Å². The van der Waals surface area contributed by atoms with E-state index >= 15 is 0 Å². The lowest BCUT2D eigenvalue weighted by Crippen LogP contribution is -2.45. The average molecular weight is 331 g/mol. The highest BCUT2D eigenvalue weighted by Gasteiger charge is 2.55. The van der Waals surface area contributed by atoms with Gasteiger partial charge in [0.05, 0.1) is 0 Å². The molecule has 1 aliphatic carbocycles. The zero-order chi connectivity index (χ0) is 17.1. The van der Waals surface area contributed by atoms with Gasteiger partial charge in [-0.1, -0.05) is 18.2 Å². The molecule has 0 bridgehead atoms. The van der Waals surface area contributed by atoms with Crippen LogP contribution in [0.1, 0.15) is 25.7 Å². The minimum atomic E-state index is -0.811. The van der Waals surface area contributed by atoms with Crippen molar-refractivity contribution in [3.8, 4) is 0 Å². The summed E-state index contributed by atoms with van der Waals surface area (Å²) in [6, 6.07) is 8.11. The van der Waals surface area contributed by atoms with E-state index in [1.165, 1.54) is 4.90 Å². The number of likely N-dealkylation sites (tertiary alicyclic amines) is 1. The van der Waals surface area contributed by atoms with Gasteiger partial charge in [-0.05, 0) is 31.4 Å². The molecule has 1 aromatic rings. The highest BCUT2D eigenvalue weighted by Crippen LogP contribution is 2.36. The molecule has 1 saturated carbocycles. The largest absolute Gasteiger partial charge is 0.341 e. The third kappa shape index (κ3) is 3.55. The smallest absolute Gasteiger partial charge is 0.242 e. The predicted molar refractivity (Wildman–Crippen MR) is 88.1 cm³/mol. The van der Waals surface area contributed by atoms with E-state index in [1.54, 1.807) is 29.2 Å². The number of hydrogen-bond donors (Lipinski definition) is 0. The van der Waals surface area contributed by atoms with E-state index in [1.807, 2.05) is 6.07 Å². The van der Waals surface area contributed by atoms with Crippen LogP contribution >= 0.6 is 0 Å². The second-order valence-corrected chi connectivity index (χ2v) is 6.40. The second-order valence-electron chi connectivity index (χ2n) is 6.40. The molecule has 1 heterocycles. The van der Waals surface area contributed by atoms with Gasteiger partial charge in [0.1, 0.15) is 12.5 Å².